The highest BCUT2D eigenvalue weighted by molar-refractivity contribution is 7.99. The number of pyridine rings is 2. The Morgan fingerprint density at radius 1 is 0.643 bits per heavy atom. The number of aromatic nitrogens is 6. The summed E-state index contributed by atoms with van der Waals surface area (Å²) in [5.74, 6) is 0.237. The summed E-state index contributed by atoms with van der Waals surface area (Å²) in [6.45, 7) is 5.63. The van der Waals surface area contributed by atoms with Gasteiger partial charge in [-0.3, -0.25) is 29.2 Å². The van der Waals surface area contributed by atoms with Crippen molar-refractivity contribution in [1.29, 1.82) is 0 Å². The Kier molecular flexibility index (Phi) is 17.5. The predicted molar refractivity (Wildman–Crippen MR) is 326 cm³/mol. The number of nitrogens with zero attached hydrogens (tertiary/aromatic N) is 10. The van der Waals surface area contributed by atoms with E-state index in [9.17, 15) is 24.2 Å². The number of nitrogens with one attached hydrogen (secondary N) is 4. The van der Waals surface area contributed by atoms with Crippen molar-refractivity contribution in [3.8, 4) is 22.5 Å². The van der Waals surface area contributed by atoms with E-state index in [1.54, 1.807) is 60.9 Å². The molecule has 18 nitrogen and oxygen atoms in total. The molecule has 2 saturated heterocycles. The summed E-state index contributed by atoms with van der Waals surface area (Å²) in [6.07, 6.45) is 11.7. The first-order valence-electron chi connectivity index (χ1n) is 28.8. The number of amides is 2. The molecule has 6 aromatic rings. The fraction of sp³-hybridized carbons (Fsp3) is 0.467. The first kappa shape index (κ1) is 58.7. The predicted octanol–water partition coefficient (Wildman–Crippen LogP) is 9.80. The highest BCUT2D eigenvalue weighted by Crippen LogP contribution is 2.53. The van der Waals surface area contributed by atoms with Gasteiger partial charge in [0.15, 0.2) is 0 Å². The Balaban J connectivity index is 0.647. The number of likely N-dealkylation sites (N-methyl/N-ethyl adjacent to an activating group) is 2. The zero-order valence-electron chi connectivity index (χ0n) is 46.8. The minimum atomic E-state index is -0.496. The lowest BCUT2D eigenvalue weighted by Gasteiger charge is -2.60. The van der Waals surface area contributed by atoms with E-state index in [-0.39, 0.29) is 76.9 Å². The van der Waals surface area contributed by atoms with Crippen LogP contribution in [0.15, 0.2) is 89.2 Å². The third-order valence-corrected chi connectivity index (χ3v) is 20.9. The van der Waals surface area contributed by atoms with Crippen molar-refractivity contribution in [2.24, 2.45) is 11.8 Å². The Morgan fingerprint density at radius 3 is 1.67 bits per heavy atom. The van der Waals surface area contributed by atoms with Crippen molar-refractivity contribution in [3.05, 3.63) is 106 Å². The first-order valence-corrected chi connectivity index (χ1v) is 31.5. The Morgan fingerprint density at radius 2 is 1.15 bits per heavy atom. The molecule has 0 unspecified atom stereocenters. The number of rotatable bonds is 19. The Labute approximate surface area is 505 Å². The van der Waals surface area contributed by atoms with Gasteiger partial charge in [0.25, 0.3) is 0 Å². The smallest absolute Gasteiger partial charge is 0.228 e. The zero-order chi connectivity index (χ0) is 58.3. The van der Waals surface area contributed by atoms with Gasteiger partial charge in [-0.2, -0.15) is 0 Å². The molecular formula is C60H68Cl2F2N14O4S2. The zero-order valence-corrected chi connectivity index (χ0v) is 50.0. The van der Waals surface area contributed by atoms with E-state index in [0.29, 0.717) is 90.4 Å². The SMILES string of the molecule is CN1CCN(C2CC(C(=O)Nc3cc(Nc4cc(-c5cc(Cl)c(C6CC7(C6)CN(C6CC(C(=O)Nc8cc(Nc9cc(-c%10cc(Cl)ccc%10F)nnc9SCCO)ccn8)C6)CCN7C)cc5F)nnc4SCCO)ccn3)C2)CC12CCC2. The molecule has 2 aliphatic heterocycles. The van der Waals surface area contributed by atoms with Crippen LogP contribution in [-0.4, -0.2) is 173 Å². The quantitative estimate of drug-likeness (QED) is 0.0417. The standard InChI is InChI=1S/C60H68Cl2F2N14O4S2/c1-75-12-14-77(33-59(75)8-3-9-59)41-20-35(21-41)55(81)69-54-26-40(7-11-66-54)68-52-30-50(72-74-58(52)84-19-17-80)45-27-46(62)43(28-48(45)64)37-31-60(32-37)34-78(15-13-76(60)2)42-22-36(23-42)56(82)70-53-25-39(6-10-65-53)67-51-29-49(71-73-57(51)83-18-16-79)44-24-38(61)4-5-47(44)63/h4-7,10-11,24-30,35-37,41-42,79-80H,3,8-9,12-23,31-34H2,1-2H3,(H2,65,67,70,71,82)(H2,66,68,69,72,81). The lowest BCUT2D eigenvalue weighted by molar-refractivity contribution is -0.127. The summed E-state index contributed by atoms with van der Waals surface area (Å²) in [5, 5.41) is 51.2. The molecule has 2 amide bonds. The van der Waals surface area contributed by atoms with Gasteiger partial charge in [-0.15, -0.1) is 43.9 Å². The molecule has 0 atom stereocenters. The van der Waals surface area contributed by atoms with Crippen LogP contribution < -0.4 is 21.3 Å². The monoisotopic (exact) mass is 1220 g/mol. The van der Waals surface area contributed by atoms with Crippen molar-refractivity contribution >= 4 is 92.9 Å². The first-order chi connectivity index (χ1) is 40.6. The molecule has 0 bridgehead atoms. The van der Waals surface area contributed by atoms with Crippen LogP contribution in [0.3, 0.4) is 0 Å². The molecule has 84 heavy (non-hydrogen) atoms. The highest BCUT2D eigenvalue weighted by atomic mass is 35.5. The average Bonchev–Trinajstić information content (AvgIpc) is 2.65. The molecule has 24 heteroatoms. The number of halogens is 4. The molecule has 4 aliphatic carbocycles. The second-order valence-electron chi connectivity index (χ2n) is 23.4. The van der Waals surface area contributed by atoms with E-state index in [0.717, 1.165) is 70.5 Å². The number of hydrogen-bond donors (Lipinski definition) is 6. The molecule has 6 fully saturated rings. The molecular weight excluding hydrogens is 1150 g/mol. The van der Waals surface area contributed by atoms with Crippen LogP contribution in [0.2, 0.25) is 10.0 Å². The summed E-state index contributed by atoms with van der Waals surface area (Å²) in [7, 11) is 4.40. The molecule has 442 valence electrons. The number of hydrogen-bond acceptors (Lipinski definition) is 18. The molecule has 12 rings (SSSR count). The van der Waals surface area contributed by atoms with Gasteiger partial charge in [0.05, 0.1) is 36.0 Å². The molecule has 0 radical (unpaired) electrons. The number of piperazine rings is 2. The van der Waals surface area contributed by atoms with E-state index in [1.165, 1.54) is 61.0 Å². The Bertz CT molecular complexity index is 3430. The van der Waals surface area contributed by atoms with Crippen molar-refractivity contribution in [3.63, 3.8) is 0 Å². The van der Waals surface area contributed by atoms with Crippen LogP contribution in [-0.2, 0) is 9.59 Å². The van der Waals surface area contributed by atoms with Crippen LogP contribution in [0, 0.1) is 23.5 Å². The van der Waals surface area contributed by atoms with Gasteiger partial charge in [-0.25, -0.2) is 18.7 Å². The normalized spacial score (nSPS) is 24.2. The molecule has 2 spiro atoms. The van der Waals surface area contributed by atoms with Gasteiger partial charge >= 0.3 is 0 Å². The molecule has 2 aromatic carbocycles. The number of carbonyl (C=O) groups excluding carboxylic acids is 2. The van der Waals surface area contributed by atoms with E-state index in [1.807, 2.05) is 0 Å². The van der Waals surface area contributed by atoms with E-state index in [4.69, 9.17) is 23.2 Å². The van der Waals surface area contributed by atoms with Crippen LogP contribution in [0.5, 0.6) is 0 Å². The van der Waals surface area contributed by atoms with E-state index < -0.39 is 11.6 Å². The Hall–Kier alpha value is -5.66. The second-order valence-corrected chi connectivity index (χ2v) is 26.5. The largest absolute Gasteiger partial charge is 0.396 e. The van der Waals surface area contributed by atoms with Gasteiger partial charge < -0.3 is 31.5 Å². The summed E-state index contributed by atoms with van der Waals surface area (Å²) < 4.78 is 31.3. The average molecular weight is 1220 g/mol. The third-order valence-electron chi connectivity index (χ3n) is 18.4. The topological polar surface area (TPSA) is 213 Å². The summed E-state index contributed by atoms with van der Waals surface area (Å²) in [4.78, 5) is 46.0. The second kappa shape index (κ2) is 25.0. The minimum absolute atomic E-state index is 0.0323. The highest BCUT2D eigenvalue weighted by Gasteiger charge is 2.53. The van der Waals surface area contributed by atoms with E-state index in [2.05, 4.69) is 85.3 Å². The lowest BCUT2D eigenvalue weighted by atomic mass is 9.63. The fourth-order valence-corrected chi connectivity index (χ4v) is 14.8. The fourth-order valence-electron chi connectivity index (χ4n) is 13.0. The molecule has 4 aromatic heterocycles. The summed E-state index contributed by atoms with van der Waals surface area (Å²) in [5.41, 5.74) is 4.26. The maximum absolute atomic E-state index is 16.5. The van der Waals surface area contributed by atoms with Crippen molar-refractivity contribution in [2.75, 3.05) is 99.4 Å². The van der Waals surface area contributed by atoms with Crippen LogP contribution >= 0.6 is 46.7 Å². The van der Waals surface area contributed by atoms with Crippen molar-refractivity contribution < 1.29 is 28.6 Å². The molecule has 6 aliphatic rings. The maximum atomic E-state index is 16.5. The summed E-state index contributed by atoms with van der Waals surface area (Å²) in [6, 6.07) is 18.5. The molecule has 4 saturated carbocycles. The minimum Gasteiger partial charge on any atom is -0.396 e. The molecule has 6 N–H and O–H groups in total. The van der Waals surface area contributed by atoms with Gasteiger partial charge in [0.2, 0.25) is 11.8 Å². The van der Waals surface area contributed by atoms with Gasteiger partial charge in [-0.05, 0) is 138 Å². The van der Waals surface area contributed by atoms with E-state index >= 15 is 4.39 Å². The van der Waals surface area contributed by atoms with Gasteiger partial charge in [0.1, 0.15) is 33.3 Å². The van der Waals surface area contributed by atoms with Crippen LogP contribution in [0.4, 0.5) is 43.2 Å². The number of carbonyl (C=O) groups is 2. The van der Waals surface area contributed by atoms with Crippen molar-refractivity contribution in [2.45, 2.75) is 96.9 Å². The number of aliphatic hydroxyl groups excluding tert-OH is 2. The third kappa shape index (κ3) is 12.3. The number of thioether (sulfide) groups is 2. The molecule has 6 heterocycles. The van der Waals surface area contributed by atoms with Crippen LogP contribution in [0.25, 0.3) is 22.5 Å². The van der Waals surface area contributed by atoms with Crippen molar-refractivity contribution in [1.82, 2.24) is 50.0 Å². The lowest BCUT2D eigenvalue weighted by Crippen LogP contribution is -2.68. The summed E-state index contributed by atoms with van der Waals surface area (Å²) >= 11 is 15.9. The number of anilines is 6. The maximum Gasteiger partial charge on any atom is 0.228 e. The van der Waals surface area contributed by atoms with Gasteiger partial charge in [0, 0.05) is 143 Å². The number of benzene rings is 2. The van der Waals surface area contributed by atoms with Gasteiger partial charge in [-0.1, -0.05) is 23.2 Å². The number of aliphatic hydroxyl groups is 2. The van der Waals surface area contributed by atoms with Crippen LogP contribution in [0.1, 0.15) is 69.3 Å².